The molecule has 0 saturated heterocycles. The van der Waals surface area contributed by atoms with Gasteiger partial charge < -0.3 is 10.4 Å². The number of carboxylic acids is 1. The topological polar surface area (TPSA) is 105 Å². The van der Waals surface area contributed by atoms with Crippen LogP contribution in [0.3, 0.4) is 0 Å². The summed E-state index contributed by atoms with van der Waals surface area (Å²) in [5, 5.41) is 21.1. The number of hydrogen-bond acceptors (Lipinski definition) is 6. The van der Waals surface area contributed by atoms with E-state index in [1.165, 1.54) is 0 Å². The van der Waals surface area contributed by atoms with E-state index in [1.54, 1.807) is 0 Å². The number of hydrogen-bond donors (Lipinski definition) is 2. The van der Waals surface area contributed by atoms with Crippen molar-refractivity contribution in [3.63, 3.8) is 0 Å². The molecule has 7 nitrogen and oxygen atoms in total. The van der Waals surface area contributed by atoms with E-state index >= 15 is 0 Å². The van der Waals surface area contributed by atoms with Gasteiger partial charge in [-0.1, -0.05) is 11.3 Å². The number of nitrogens with one attached hydrogen (secondary N) is 1. The molecular weight excluding hydrogens is 346 g/mol. The number of rotatable bonds is 4. The van der Waals surface area contributed by atoms with Gasteiger partial charge in [-0.25, -0.2) is 9.78 Å². The largest absolute Gasteiger partial charge is 0.477 e. The zero-order valence-electron chi connectivity index (χ0n) is 10.7. The van der Waals surface area contributed by atoms with E-state index in [0.29, 0.717) is 6.07 Å². The standard InChI is InChI=1S/C11H5F4N3O4S/c12-5-3-4(1-2-6(5)18(21)22)16-10-17-8(11(13,14)15)7(23-10)9(19)20/h1-3H,(H,16,17)(H,19,20). The Balaban J connectivity index is 2.36. The lowest BCUT2D eigenvalue weighted by Crippen LogP contribution is -2.11. The third-order valence-corrected chi connectivity index (χ3v) is 3.44. The number of nitrogens with zero attached hydrogens (tertiary/aromatic N) is 2. The smallest absolute Gasteiger partial charge is 0.435 e. The van der Waals surface area contributed by atoms with Crippen molar-refractivity contribution in [2.24, 2.45) is 0 Å². The molecule has 0 amide bonds. The first kappa shape index (κ1) is 16.6. The van der Waals surface area contributed by atoms with E-state index < -0.39 is 44.3 Å². The number of carboxylic acid groups (broad SMARTS) is 1. The van der Waals surface area contributed by atoms with E-state index in [2.05, 4.69) is 10.3 Å². The van der Waals surface area contributed by atoms with Gasteiger partial charge in [0.1, 0.15) is 4.88 Å². The first-order valence-corrected chi connectivity index (χ1v) is 6.43. The van der Waals surface area contributed by atoms with E-state index in [0.717, 1.165) is 12.1 Å². The van der Waals surface area contributed by atoms with Crippen molar-refractivity contribution in [3.8, 4) is 0 Å². The van der Waals surface area contributed by atoms with Crippen LogP contribution in [0.25, 0.3) is 0 Å². The van der Waals surface area contributed by atoms with Gasteiger partial charge in [0.2, 0.25) is 5.82 Å². The molecule has 1 heterocycles. The van der Waals surface area contributed by atoms with Crippen molar-refractivity contribution in [1.82, 2.24) is 4.98 Å². The molecule has 0 aliphatic carbocycles. The summed E-state index contributed by atoms with van der Waals surface area (Å²) in [5.74, 6) is -3.01. The molecular formula is C11H5F4N3O4S. The molecule has 2 rings (SSSR count). The first-order valence-electron chi connectivity index (χ1n) is 5.62. The van der Waals surface area contributed by atoms with Crippen LogP contribution in [0.1, 0.15) is 15.4 Å². The summed E-state index contributed by atoms with van der Waals surface area (Å²) in [6.07, 6.45) is -4.97. The second-order valence-corrected chi connectivity index (χ2v) is 5.05. The Bertz CT molecular complexity index is 790. The van der Waals surface area contributed by atoms with Gasteiger partial charge in [-0.05, 0) is 6.07 Å². The highest BCUT2D eigenvalue weighted by Gasteiger charge is 2.39. The molecule has 0 saturated carbocycles. The van der Waals surface area contributed by atoms with Gasteiger partial charge in [-0.2, -0.15) is 17.6 Å². The number of benzene rings is 1. The van der Waals surface area contributed by atoms with Crippen molar-refractivity contribution in [1.29, 1.82) is 0 Å². The van der Waals surface area contributed by atoms with Crippen molar-refractivity contribution < 1.29 is 32.4 Å². The van der Waals surface area contributed by atoms with Gasteiger partial charge >= 0.3 is 17.8 Å². The highest BCUT2D eigenvalue weighted by molar-refractivity contribution is 7.17. The minimum absolute atomic E-state index is 0.118. The number of aromatic carboxylic acids is 1. The second-order valence-electron chi connectivity index (χ2n) is 4.05. The molecule has 0 fully saturated rings. The third-order valence-electron chi connectivity index (χ3n) is 2.49. The fourth-order valence-electron chi connectivity index (χ4n) is 1.57. The van der Waals surface area contributed by atoms with Crippen LogP contribution >= 0.6 is 11.3 Å². The van der Waals surface area contributed by atoms with Gasteiger partial charge in [0, 0.05) is 17.8 Å². The Morgan fingerprint density at radius 2 is 2.04 bits per heavy atom. The Kier molecular flexibility index (Phi) is 4.18. The lowest BCUT2D eigenvalue weighted by atomic mass is 10.3. The molecule has 2 N–H and O–H groups in total. The Morgan fingerprint density at radius 3 is 2.48 bits per heavy atom. The van der Waals surface area contributed by atoms with Crippen molar-refractivity contribution >= 4 is 33.8 Å². The molecule has 0 atom stereocenters. The predicted molar refractivity (Wildman–Crippen MR) is 70.4 cm³/mol. The van der Waals surface area contributed by atoms with Crippen LogP contribution in [0.5, 0.6) is 0 Å². The highest BCUT2D eigenvalue weighted by Crippen LogP contribution is 2.37. The quantitative estimate of drug-likeness (QED) is 0.495. The highest BCUT2D eigenvalue weighted by atomic mass is 32.1. The average Bonchev–Trinajstić information content (AvgIpc) is 2.82. The molecule has 12 heteroatoms. The summed E-state index contributed by atoms with van der Waals surface area (Å²) < 4.78 is 51.5. The minimum Gasteiger partial charge on any atom is -0.477 e. The normalized spacial score (nSPS) is 11.3. The monoisotopic (exact) mass is 351 g/mol. The number of aromatic nitrogens is 1. The molecule has 0 bridgehead atoms. The molecule has 2 aromatic rings. The summed E-state index contributed by atoms with van der Waals surface area (Å²) in [5.41, 5.74) is -2.51. The zero-order chi connectivity index (χ0) is 17.4. The van der Waals surface area contributed by atoms with E-state index in [9.17, 15) is 32.5 Å². The predicted octanol–water partition coefficient (Wildman–Crippen LogP) is 3.65. The maximum Gasteiger partial charge on any atom is 0.435 e. The molecule has 122 valence electrons. The number of carbonyl (C=O) groups is 1. The minimum atomic E-state index is -4.97. The molecule has 23 heavy (non-hydrogen) atoms. The lowest BCUT2D eigenvalue weighted by Gasteiger charge is -2.03. The fourth-order valence-corrected chi connectivity index (χ4v) is 2.41. The van der Waals surface area contributed by atoms with Gasteiger partial charge in [-0.15, -0.1) is 0 Å². The first-order chi connectivity index (χ1) is 10.6. The summed E-state index contributed by atoms with van der Waals surface area (Å²) in [6.45, 7) is 0. The van der Waals surface area contributed by atoms with Crippen LogP contribution in [0.4, 0.5) is 34.1 Å². The van der Waals surface area contributed by atoms with Crippen LogP contribution < -0.4 is 5.32 Å². The second kappa shape index (κ2) is 5.79. The third kappa shape index (κ3) is 3.53. The molecule has 1 aromatic carbocycles. The number of anilines is 2. The number of halogens is 4. The summed E-state index contributed by atoms with van der Waals surface area (Å²) in [6, 6.07) is 2.55. The Morgan fingerprint density at radius 1 is 1.39 bits per heavy atom. The number of alkyl halides is 3. The maximum absolute atomic E-state index is 13.4. The Labute approximate surface area is 128 Å². The summed E-state index contributed by atoms with van der Waals surface area (Å²) in [7, 11) is 0. The van der Waals surface area contributed by atoms with Crippen LogP contribution in [0, 0.1) is 15.9 Å². The SMILES string of the molecule is O=C(O)c1sc(Nc2ccc([N+](=O)[O-])c(F)c2)nc1C(F)(F)F. The molecule has 0 spiro atoms. The van der Waals surface area contributed by atoms with Crippen LogP contribution in [-0.2, 0) is 6.18 Å². The van der Waals surface area contributed by atoms with Crippen LogP contribution in [0.2, 0.25) is 0 Å². The van der Waals surface area contributed by atoms with Gasteiger partial charge in [-0.3, -0.25) is 10.1 Å². The van der Waals surface area contributed by atoms with Crippen LogP contribution in [0.15, 0.2) is 18.2 Å². The Hall–Kier alpha value is -2.76. The van der Waals surface area contributed by atoms with Crippen molar-refractivity contribution in [3.05, 3.63) is 44.7 Å². The molecule has 1 aromatic heterocycles. The van der Waals surface area contributed by atoms with Crippen molar-refractivity contribution in [2.75, 3.05) is 5.32 Å². The number of nitro groups is 1. The van der Waals surface area contributed by atoms with E-state index in [-0.39, 0.29) is 17.0 Å². The molecule has 0 unspecified atom stereocenters. The number of thiazole rings is 1. The van der Waals surface area contributed by atoms with Crippen LogP contribution in [-0.4, -0.2) is 21.0 Å². The maximum atomic E-state index is 13.4. The fraction of sp³-hybridized carbons (Fsp3) is 0.0909. The molecule has 0 aliphatic rings. The van der Waals surface area contributed by atoms with Gasteiger partial charge in [0.25, 0.3) is 0 Å². The zero-order valence-corrected chi connectivity index (χ0v) is 11.5. The average molecular weight is 351 g/mol. The molecule has 0 aliphatic heterocycles. The van der Waals surface area contributed by atoms with E-state index in [4.69, 9.17) is 5.11 Å². The van der Waals surface area contributed by atoms with Gasteiger partial charge in [0.05, 0.1) is 4.92 Å². The molecule has 0 radical (unpaired) electrons. The summed E-state index contributed by atoms with van der Waals surface area (Å²) >= 11 is 0.208. The van der Waals surface area contributed by atoms with E-state index in [1.807, 2.05) is 0 Å². The van der Waals surface area contributed by atoms with Crippen molar-refractivity contribution in [2.45, 2.75) is 6.18 Å². The van der Waals surface area contributed by atoms with Gasteiger partial charge in [0.15, 0.2) is 10.8 Å². The summed E-state index contributed by atoms with van der Waals surface area (Å²) in [4.78, 5) is 22.4. The lowest BCUT2D eigenvalue weighted by molar-refractivity contribution is -0.387. The number of nitro benzene ring substituents is 1.